The lowest BCUT2D eigenvalue weighted by molar-refractivity contribution is 0.601. The number of aryl methyl sites for hydroxylation is 1. The molecule has 0 atom stereocenters. The molecule has 0 bridgehead atoms. The Morgan fingerprint density at radius 3 is 2.63 bits per heavy atom. The first-order chi connectivity index (χ1) is 13.0. The molecule has 2 aromatic carbocycles. The molecule has 6 nitrogen and oxygen atoms in total. The monoisotopic (exact) mass is 402 g/mol. The van der Waals surface area contributed by atoms with E-state index in [1.54, 1.807) is 24.3 Å². The van der Waals surface area contributed by atoms with E-state index in [1.807, 2.05) is 12.1 Å². The summed E-state index contributed by atoms with van der Waals surface area (Å²) in [5.74, 6) is 1.77. The number of hydrogen-bond acceptors (Lipinski definition) is 4. The fourth-order valence-electron chi connectivity index (χ4n) is 3.25. The number of benzene rings is 2. The van der Waals surface area contributed by atoms with E-state index in [9.17, 15) is 8.42 Å². The van der Waals surface area contributed by atoms with Gasteiger partial charge in [0, 0.05) is 29.2 Å². The molecular weight excluding hydrogens is 384 g/mol. The third-order valence-corrected chi connectivity index (χ3v) is 6.26. The Kier molecular flexibility index (Phi) is 4.88. The Labute approximate surface area is 163 Å². The summed E-state index contributed by atoms with van der Waals surface area (Å²) >= 11 is 5.84. The van der Waals surface area contributed by atoms with Gasteiger partial charge >= 0.3 is 0 Å². The number of anilines is 1. The van der Waals surface area contributed by atoms with Crippen LogP contribution in [0.2, 0.25) is 5.02 Å². The number of rotatable bonds is 4. The predicted molar refractivity (Wildman–Crippen MR) is 105 cm³/mol. The fourth-order valence-corrected chi connectivity index (χ4v) is 4.42. The van der Waals surface area contributed by atoms with Crippen LogP contribution in [0, 0.1) is 0 Å². The third-order valence-electron chi connectivity index (χ3n) is 4.61. The summed E-state index contributed by atoms with van der Waals surface area (Å²) < 4.78 is 30.0. The molecule has 8 heteroatoms. The molecule has 140 valence electrons. The van der Waals surface area contributed by atoms with Crippen molar-refractivity contribution in [2.45, 2.75) is 37.1 Å². The van der Waals surface area contributed by atoms with Crippen LogP contribution >= 0.6 is 11.6 Å². The van der Waals surface area contributed by atoms with Crippen molar-refractivity contribution in [3.8, 4) is 11.4 Å². The highest BCUT2D eigenvalue weighted by atomic mass is 35.5. The summed E-state index contributed by atoms with van der Waals surface area (Å²) in [4.78, 5) is 0.161. The Balaban J connectivity index is 1.64. The second-order valence-corrected chi connectivity index (χ2v) is 8.66. The van der Waals surface area contributed by atoms with Gasteiger partial charge < -0.3 is 4.57 Å². The summed E-state index contributed by atoms with van der Waals surface area (Å²) in [6.07, 6.45) is 4.33. The van der Waals surface area contributed by atoms with Crippen LogP contribution in [0.1, 0.15) is 25.1 Å². The maximum Gasteiger partial charge on any atom is 0.261 e. The van der Waals surface area contributed by atoms with Crippen molar-refractivity contribution in [3.63, 3.8) is 0 Å². The van der Waals surface area contributed by atoms with Crippen molar-refractivity contribution in [1.29, 1.82) is 0 Å². The second kappa shape index (κ2) is 7.32. The van der Waals surface area contributed by atoms with Gasteiger partial charge in [-0.1, -0.05) is 30.2 Å². The highest BCUT2D eigenvalue weighted by Gasteiger charge is 2.18. The van der Waals surface area contributed by atoms with Gasteiger partial charge in [0.15, 0.2) is 5.82 Å². The van der Waals surface area contributed by atoms with Gasteiger partial charge in [-0.05, 0) is 49.2 Å². The predicted octanol–water partition coefficient (Wildman–Crippen LogP) is 4.13. The maximum atomic E-state index is 12.6. The molecule has 27 heavy (non-hydrogen) atoms. The zero-order chi connectivity index (χ0) is 18.9. The van der Waals surface area contributed by atoms with Gasteiger partial charge in [0.25, 0.3) is 10.0 Å². The van der Waals surface area contributed by atoms with Crippen LogP contribution in [0.25, 0.3) is 11.4 Å². The summed E-state index contributed by atoms with van der Waals surface area (Å²) in [5, 5.41) is 9.14. The molecule has 0 saturated carbocycles. The molecule has 0 radical (unpaired) electrons. The molecule has 1 aromatic heterocycles. The van der Waals surface area contributed by atoms with Gasteiger partial charge in [0.2, 0.25) is 0 Å². The average molecular weight is 403 g/mol. The number of fused-ring (bicyclic) bond motifs is 1. The van der Waals surface area contributed by atoms with E-state index in [4.69, 9.17) is 11.6 Å². The number of halogens is 1. The van der Waals surface area contributed by atoms with Crippen LogP contribution in [-0.2, 0) is 23.0 Å². The van der Waals surface area contributed by atoms with Crippen LogP contribution in [0.4, 0.5) is 5.69 Å². The number of nitrogens with one attached hydrogen (secondary N) is 1. The lowest BCUT2D eigenvalue weighted by Gasteiger charge is -2.11. The lowest BCUT2D eigenvalue weighted by Crippen LogP contribution is -2.13. The van der Waals surface area contributed by atoms with Crippen molar-refractivity contribution in [3.05, 3.63) is 59.4 Å². The Hall–Kier alpha value is -2.38. The van der Waals surface area contributed by atoms with Gasteiger partial charge in [0.1, 0.15) is 5.82 Å². The molecular formula is C19H19ClN4O2S. The zero-order valence-corrected chi connectivity index (χ0v) is 16.2. The quantitative estimate of drug-likeness (QED) is 0.711. The van der Waals surface area contributed by atoms with E-state index in [-0.39, 0.29) is 4.90 Å². The molecule has 3 aromatic rings. The highest BCUT2D eigenvalue weighted by Crippen LogP contribution is 2.26. The molecule has 0 unspecified atom stereocenters. The number of nitrogens with zero attached hydrogens (tertiary/aromatic N) is 3. The molecule has 0 saturated heterocycles. The molecule has 0 fully saturated rings. The van der Waals surface area contributed by atoms with Crippen molar-refractivity contribution in [2.75, 3.05) is 4.72 Å². The van der Waals surface area contributed by atoms with Crippen LogP contribution in [0.15, 0.2) is 53.4 Å². The Morgan fingerprint density at radius 1 is 1.00 bits per heavy atom. The second-order valence-electron chi connectivity index (χ2n) is 6.54. The first kappa shape index (κ1) is 18.0. The summed E-state index contributed by atoms with van der Waals surface area (Å²) in [5.41, 5.74) is 1.32. The average Bonchev–Trinajstić information content (AvgIpc) is 2.90. The van der Waals surface area contributed by atoms with Gasteiger partial charge in [-0.25, -0.2) is 8.42 Å². The van der Waals surface area contributed by atoms with Crippen molar-refractivity contribution < 1.29 is 8.42 Å². The molecule has 2 heterocycles. The number of hydrogen-bond donors (Lipinski definition) is 1. The first-order valence-corrected chi connectivity index (χ1v) is 10.7. The van der Waals surface area contributed by atoms with Gasteiger partial charge in [0.05, 0.1) is 4.90 Å². The van der Waals surface area contributed by atoms with Crippen LogP contribution in [-0.4, -0.2) is 23.2 Å². The summed E-state index contributed by atoms with van der Waals surface area (Å²) in [6, 6.07) is 13.3. The fraction of sp³-hybridized carbons (Fsp3) is 0.263. The van der Waals surface area contributed by atoms with Crippen molar-refractivity contribution in [2.24, 2.45) is 0 Å². The Bertz CT molecular complexity index is 1060. The first-order valence-electron chi connectivity index (χ1n) is 8.84. The molecule has 0 aliphatic carbocycles. The number of aromatic nitrogens is 3. The SMILES string of the molecule is O=S(=O)(Nc1cccc(-c2nnc3n2CCCCC3)c1)c1ccc(Cl)cc1. The van der Waals surface area contributed by atoms with Gasteiger partial charge in [-0.15, -0.1) is 10.2 Å². The minimum atomic E-state index is -3.69. The molecule has 1 N–H and O–H groups in total. The van der Waals surface area contributed by atoms with E-state index in [0.717, 1.165) is 43.0 Å². The summed E-state index contributed by atoms with van der Waals surface area (Å²) in [7, 11) is -3.69. The molecule has 0 amide bonds. The highest BCUT2D eigenvalue weighted by molar-refractivity contribution is 7.92. The van der Waals surface area contributed by atoms with Crippen LogP contribution in [0.5, 0.6) is 0 Å². The minimum Gasteiger partial charge on any atom is -0.311 e. The van der Waals surface area contributed by atoms with E-state index >= 15 is 0 Å². The molecule has 1 aliphatic rings. The molecule has 4 rings (SSSR count). The van der Waals surface area contributed by atoms with Crippen molar-refractivity contribution >= 4 is 27.3 Å². The normalized spacial score (nSPS) is 14.4. The van der Waals surface area contributed by atoms with Gasteiger partial charge in [-0.2, -0.15) is 0 Å². The van der Waals surface area contributed by atoms with Gasteiger partial charge in [-0.3, -0.25) is 4.72 Å². The van der Waals surface area contributed by atoms with Crippen LogP contribution < -0.4 is 4.72 Å². The van der Waals surface area contributed by atoms with E-state index < -0.39 is 10.0 Å². The summed E-state index contributed by atoms with van der Waals surface area (Å²) in [6.45, 7) is 0.887. The number of sulfonamides is 1. The van der Waals surface area contributed by atoms with E-state index in [1.165, 1.54) is 18.6 Å². The van der Waals surface area contributed by atoms with E-state index in [0.29, 0.717) is 10.7 Å². The molecule has 1 aliphatic heterocycles. The topological polar surface area (TPSA) is 76.9 Å². The zero-order valence-electron chi connectivity index (χ0n) is 14.6. The largest absolute Gasteiger partial charge is 0.311 e. The van der Waals surface area contributed by atoms with Crippen molar-refractivity contribution in [1.82, 2.24) is 14.8 Å². The standard InChI is InChI=1S/C19H19ClN4O2S/c20-15-8-10-17(11-9-15)27(25,26)23-16-6-4-5-14(13-16)19-22-21-18-7-2-1-3-12-24(18)19/h4-6,8-11,13,23H,1-3,7,12H2. The maximum absolute atomic E-state index is 12.6. The lowest BCUT2D eigenvalue weighted by atomic mass is 10.2. The minimum absolute atomic E-state index is 0.161. The Morgan fingerprint density at radius 2 is 1.81 bits per heavy atom. The third kappa shape index (κ3) is 3.84. The molecule has 0 spiro atoms. The van der Waals surface area contributed by atoms with Crippen LogP contribution in [0.3, 0.4) is 0 Å². The van der Waals surface area contributed by atoms with E-state index in [2.05, 4.69) is 19.5 Å². The smallest absolute Gasteiger partial charge is 0.261 e.